The van der Waals surface area contributed by atoms with Crippen molar-refractivity contribution in [2.45, 2.75) is 0 Å². The van der Waals surface area contributed by atoms with Crippen molar-refractivity contribution in [2.24, 2.45) is 5.73 Å². The first kappa shape index (κ1) is 11.9. The van der Waals surface area contributed by atoms with Gasteiger partial charge in [-0.15, -0.1) is 0 Å². The molecular weight excluding hydrogens is 306 g/mol. The van der Waals surface area contributed by atoms with Gasteiger partial charge >= 0.3 is 0 Å². The van der Waals surface area contributed by atoms with Gasteiger partial charge < -0.3 is 5.73 Å². The van der Waals surface area contributed by atoms with Crippen LogP contribution < -0.4 is 5.73 Å². The molecule has 5 heteroatoms. The third-order valence-electron chi connectivity index (χ3n) is 2.89. The summed E-state index contributed by atoms with van der Waals surface area (Å²) in [6, 6.07) is 13.2. The Morgan fingerprint density at radius 2 is 1.89 bits per heavy atom. The fourth-order valence-corrected chi connectivity index (χ4v) is 2.23. The minimum Gasteiger partial charge on any atom is -0.366 e. The zero-order valence-corrected chi connectivity index (χ0v) is 11.5. The number of rotatable bonds is 2. The van der Waals surface area contributed by atoms with Gasteiger partial charge in [0.15, 0.2) is 0 Å². The molecule has 0 radical (unpaired) electrons. The predicted molar refractivity (Wildman–Crippen MR) is 77.3 cm³/mol. The largest absolute Gasteiger partial charge is 0.366 e. The number of nitrogens with zero attached hydrogens (tertiary/aromatic N) is 2. The number of benzene rings is 2. The fraction of sp³-hybridized carbons (Fsp3) is 0. The molecule has 1 aromatic heterocycles. The first-order valence-electron chi connectivity index (χ1n) is 5.69. The highest BCUT2D eigenvalue weighted by Gasteiger charge is 2.10. The lowest BCUT2D eigenvalue weighted by atomic mass is 10.1. The van der Waals surface area contributed by atoms with Crippen LogP contribution in [0, 0.1) is 0 Å². The van der Waals surface area contributed by atoms with E-state index in [4.69, 9.17) is 5.73 Å². The van der Waals surface area contributed by atoms with Gasteiger partial charge in [-0.1, -0.05) is 28.1 Å². The van der Waals surface area contributed by atoms with E-state index in [1.165, 1.54) is 0 Å². The highest BCUT2D eigenvalue weighted by atomic mass is 79.9. The van der Waals surface area contributed by atoms with Crippen molar-refractivity contribution >= 4 is 32.7 Å². The summed E-state index contributed by atoms with van der Waals surface area (Å²) in [5, 5.41) is 5.32. The summed E-state index contributed by atoms with van der Waals surface area (Å²) < 4.78 is 2.74. The Bertz CT molecular complexity index is 762. The SMILES string of the molecule is NC(=O)c1cccc2cn(-c3ccc(Br)cc3)nc12. The molecular formula is C14H10BrN3O. The summed E-state index contributed by atoms with van der Waals surface area (Å²) >= 11 is 3.39. The molecule has 2 aromatic carbocycles. The van der Waals surface area contributed by atoms with Crippen LogP contribution >= 0.6 is 15.9 Å². The molecule has 0 fully saturated rings. The lowest BCUT2D eigenvalue weighted by Gasteiger charge is -2.00. The molecule has 0 aliphatic heterocycles. The highest BCUT2D eigenvalue weighted by Crippen LogP contribution is 2.20. The minimum atomic E-state index is -0.466. The van der Waals surface area contributed by atoms with Crippen molar-refractivity contribution in [1.82, 2.24) is 9.78 Å². The number of carbonyl (C=O) groups is 1. The van der Waals surface area contributed by atoms with Crippen molar-refractivity contribution in [1.29, 1.82) is 0 Å². The molecule has 19 heavy (non-hydrogen) atoms. The molecule has 0 saturated heterocycles. The fourth-order valence-electron chi connectivity index (χ4n) is 1.97. The second kappa shape index (κ2) is 4.51. The van der Waals surface area contributed by atoms with Crippen LogP contribution in [0.15, 0.2) is 53.1 Å². The van der Waals surface area contributed by atoms with Gasteiger partial charge in [0.25, 0.3) is 5.91 Å². The maximum atomic E-state index is 11.4. The Labute approximate surface area is 118 Å². The Kier molecular flexibility index (Phi) is 2.83. The summed E-state index contributed by atoms with van der Waals surface area (Å²) in [5.41, 5.74) is 7.34. The molecule has 0 saturated carbocycles. The number of nitrogens with two attached hydrogens (primary N) is 1. The molecule has 1 amide bonds. The maximum absolute atomic E-state index is 11.4. The Balaban J connectivity index is 2.19. The predicted octanol–water partition coefficient (Wildman–Crippen LogP) is 2.89. The lowest BCUT2D eigenvalue weighted by Crippen LogP contribution is -2.11. The lowest BCUT2D eigenvalue weighted by molar-refractivity contribution is 0.100. The summed E-state index contributed by atoms with van der Waals surface area (Å²) in [6.45, 7) is 0. The molecule has 3 rings (SSSR count). The number of amides is 1. The van der Waals surface area contributed by atoms with Crippen molar-refractivity contribution in [3.8, 4) is 5.69 Å². The van der Waals surface area contributed by atoms with E-state index in [2.05, 4.69) is 21.0 Å². The minimum absolute atomic E-state index is 0.438. The maximum Gasteiger partial charge on any atom is 0.250 e. The molecule has 0 aliphatic rings. The molecule has 0 spiro atoms. The number of halogens is 1. The van der Waals surface area contributed by atoms with Crippen LogP contribution in [0.2, 0.25) is 0 Å². The van der Waals surface area contributed by atoms with Crippen LogP contribution in [0.5, 0.6) is 0 Å². The molecule has 0 atom stereocenters. The van der Waals surface area contributed by atoms with Crippen LogP contribution in [0.4, 0.5) is 0 Å². The Morgan fingerprint density at radius 3 is 2.58 bits per heavy atom. The monoisotopic (exact) mass is 315 g/mol. The standard InChI is InChI=1S/C14H10BrN3O/c15-10-4-6-11(7-5-10)18-8-9-2-1-3-12(14(16)19)13(9)17-18/h1-8H,(H2,16,19). The van der Waals surface area contributed by atoms with Gasteiger partial charge in [0.05, 0.1) is 11.3 Å². The number of fused-ring (bicyclic) bond motifs is 1. The molecule has 2 N–H and O–H groups in total. The van der Waals surface area contributed by atoms with Gasteiger partial charge in [0.2, 0.25) is 0 Å². The number of hydrogen-bond acceptors (Lipinski definition) is 2. The van der Waals surface area contributed by atoms with E-state index in [0.717, 1.165) is 15.5 Å². The molecule has 1 heterocycles. The van der Waals surface area contributed by atoms with Crippen molar-refractivity contribution < 1.29 is 4.79 Å². The van der Waals surface area contributed by atoms with E-state index in [-0.39, 0.29) is 0 Å². The number of aromatic nitrogens is 2. The van der Waals surface area contributed by atoms with Gasteiger partial charge in [-0.25, -0.2) is 4.68 Å². The third-order valence-corrected chi connectivity index (χ3v) is 3.42. The van der Waals surface area contributed by atoms with E-state index in [1.54, 1.807) is 16.8 Å². The topological polar surface area (TPSA) is 60.9 Å². The van der Waals surface area contributed by atoms with E-state index < -0.39 is 5.91 Å². The number of hydrogen-bond donors (Lipinski definition) is 1. The first-order chi connectivity index (χ1) is 9.15. The summed E-state index contributed by atoms with van der Waals surface area (Å²) in [4.78, 5) is 11.4. The molecule has 0 unspecified atom stereocenters. The molecule has 3 aromatic rings. The highest BCUT2D eigenvalue weighted by molar-refractivity contribution is 9.10. The van der Waals surface area contributed by atoms with Crippen LogP contribution in [-0.2, 0) is 0 Å². The zero-order chi connectivity index (χ0) is 13.4. The summed E-state index contributed by atoms with van der Waals surface area (Å²) in [6.07, 6.45) is 1.88. The van der Waals surface area contributed by atoms with Crippen molar-refractivity contribution in [3.05, 3.63) is 58.7 Å². The normalized spacial score (nSPS) is 10.8. The van der Waals surface area contributed by atoms with Crippen LogP contribution in [-0.4, -0.2) is 15.7 Å². The molecule has 0 aliphatic carbocycles. The van der Waals surface area contributed by atoms with E-state index >= 15 is 0 Å². The smallest absolute Gasteiger partial charge is 0.250 e. The van der Waals surface area contributed by atoms with Crippen LogP contribution in [0.3, 0.4) is 0 Å². The van der Waals surface area contributed by atoms with Gasteiger partial charge in [0, 0.05) is 16.1 Å². The average molecular weight is 316 g/mol. The zero-order valence-electron chi connectivity index (χ0n) is 9.88. The number of primary amides is 1. The number of carbonyl (C=O) groups excluding carboxylic acids is 1. The van der Waals surface area contributed by atoms with Gasteiger partial charge in [-0.05, 0) is 30.3 Å². The average Bonchev–Trinajstić information content (AvgIpc) is 2.82. The van der Waals surface area contributed by atoms with Crippen LogP contribution in [0.1, 0.15) is 10.4 Å². The van der Waals surface area contributed by atoms with Gasteiger partial charge in [0.1, 0.15) is 5.52 Å². The second-order valence-electron chi connectivity index (χ2n) is 4.16. The van der Waals surface area contributed by atoms with Gasteiger partial charge in [-0.3, -0.25) is 4.79 Å². The van der Waals surface area contributed by atoms with Crippen molar-refractivity contribution in [2.75, 3.05) is 0 Å². The quantitative estimate of drug-likeness (QED) is 0.790. The summed E-state index contributed by atoms with van der Waals surface area (Å²) in [5.74, 6) is -0.466. The molecule has 0 bridgehead atoms. The first-order valence-corrected chi connectivity index (χ1v) is 6.48. The summed E-state index contributed by atoms with van der Waals surface area (Å²) in [7, 11) is 0. The second-order valence-corrected chi connectivity index (χ2v) is 5.07. The molecule has 4 nitrogen and oxygen atoms in total. The Hall–Kier alpha value is -2.14. The van der Waals surface area contributed by atoms with E-state index in [1.807, 2.05) is 36.5 Å². The van der Waals surface area contributed by atoms with Crippen LogP contribution in [0.25, 0.3) is 16.6 Å². The van der Waals surface area contributed by atoms with Gasteiger partial charge in [-0.2, -0.15) is 5.10 Å². The van der Waals surface area contributed by atoms with E-state index in [9.17, 15) is 4.79 Å². The third kappa shape index (κ3) is 2.13. The Morgan fingerprint density at radius 1 is 1.16 bits per heavy atom. The van der Waals surface area contributed by atoms with E-state index in [0.29, 0.717) is 11.1 Å². The van der Waals surface area contributed by atoms with Crippen molar-refractivity contribution in [3.63, 3.8) is 0 Å². The molecule has 94 valence electrons.